The van der Waals surface area contributed by atoms with Crippen LogP contribution in [-0.2, 0) is 4.79 Å². The van der Waals surface area contributed by atoms with Crippen molar-refractivity contribution in [1.29, 1.82) is 0 Å². The Morgan fingerprint density at radius 3 is 2.35 bits per heavy atom. The zero-order valence-corrected chi connectivity index (χ0v) is 9.94. The van der Waals surface area contributed by atoms with Gasteiger partial charge in [0, 0.05) is 0 Å². The summed E-state index contributed by atoms with van der Waals surface area (Å²) >= 11 is 0. The first kappa shape index (κ1) is 11.9. The maximum absolute atomic E-state index is 11.8. The SMILES string of the molecule is COc1ccc(OC(=O)C2CCNCC2)cc1. The minimum atomic E-state index is -0.128. The molecule has 4 nitrogen and oxygen atoms in total. The molecule has 92 valence electrons. The van der Waals surface area contributed by atoms with Crippen molar-refractivity contribution in [3.8, 4) is 11.5 Å². The summed E-state index contributed by atoms with van der Waals surface area (Å²) in [5.74, 6) is 1.23. The highest BCUT2D eigenvalue weighted by Crippen LogP contribution is 2.20. The van der Waals surface area contributed by atoms with Crippen LogP contribution in [0.15, 0.2) is 24.3 Å². The highest BCUT2D eigenvalue weighted by molar-refractivity contribution is 5.75. The molecular formula is C13H17NO3. The number of benzene rings is 1. The first-order chi connectivity index (χ1) is 8.29. The van der Waals surface area contributed by atoms with Gasteiger partial charge in [-0.2, -0.15) is 0 Å². The quantitative estimate of drug-likeness (QED) is 0.638. The van der Waals surface area contributed by atoms with Gasteiger partial charge in [0.25, 0.3) is 0 Å². The molecule has 0 unspecified atom stereocenters. The van der Waals surface area contributed by atoms with E-state index < -0.39 is 0 Å². The summed E-state index contributed by atoms with van der Waals surface area (Å²) in [6.07, 6.45) is 1.71. The van der Waals surface area contributed by atoms with E-state index in [2.05, 4.69) is 5.32 Å². The summed E-state index contributed by atoms with van der Waals surface area (Å²) in [7, 11) is 1.61. The van der Waals surface area contributed by atoms with Gasteiger partial charge in [-0.1, -0.05) is 0 Å². The van der Waals surface area contributed by atoms with Crippen molar-refractivity contribution in [1.82, 2.24) is 5.32 Å². The normalized spacial score (nSPS) is 16.5. The Morgan fingerprint density at radius 1 is 1.18 bits per heavy atom. The first-order valence-electron chi connectivity index (χ1n) is 5.86. The van der Waals surface area contributed by atoms with Crippen LogP contribution in [-0.4, -0.2) is 26.2 Å². The van der Waals surface area contributed by atoms with Crippen molar-refractivity contribution < 1.29 is 14.3 Å². The number of hydrogen-bond donors (Lipinski definition) is 1. The molecule has 0 bridgehead atoms. The largest absolute Gasteiger partial charge is 0.497 e. The Labute approximate surface area is 101 Å². The Bertz CT molecular complexity index is 369. The monoisotopic (exact) mass is 235 g/mol. The van der Waals surface area contributed by atoms with Gasteiger partial charge in [0.1, 0.15) is 11.5 Å². The van der Waals surface area contributed by atoms with E-state index in [1.165, 1.54) is 0 Å². The number of hydrogen-bond acceptors (Lipinski definition) is 4. The molecule has 0 radical (unpaired) electrons. The molecule has 0 spiro atoms. The first-order valence-corrected chi connectivity index (χ1v) is 5.86. The van der Waals surface area contributed by atoms with Crippen LogP contribution < -0.4 is 14.8 Å². The lowest BCUT2D eigenvalue weighted by Crippen LogP contribution is -2.33. The van der Waals surface area contributed by atoms with Crippen LogP contribution in [0.1, 0.15) is 12.8 Å². The average molecular weight is 235 g/mol. The number of piperidine rings is 1. The molecule has 1 N–H and O–H groups in total. The van der Waals surface area contributed by atoms with Gasteiger partial charge in [-0.05, 0) is 50.2 Å². The Morgan fingerprint density at radius 2 is 1.76 bits per heavy atom. The van der Waals surface area contributed by atoms with E-state index in [1.54, 1.807) is 31.4 Å². The minimum absolute atomic E-state index is 0.0263. The Kier molecular flexibility index (Phi) is 3.98. The van der Waals surface area contributed by atoms with Crippen LogP contribution in [0.5, 0.6) is 11.5 Å². The lowest BCUT2D eigenvalue weighted by atomic mass is 9.98. The van der Waals surface area contributed by atoms with Crippen LogP contribution in [0.25, 0.3) is 0 Å². The molecule has 1 aliphatic heterocycles. The molecule has 1 aromatic carbocycles. The molecule has 0 saturated carbocycles. The van der Waals surface area contributed by atoms with Crippen LogP contribution in [0.2, 0.25) is 0 Å². The van der Waals surface area contributed by atoms with Gasteiger partial charge in [0.15, 0.2) is 0 Å². The van der Waals surface area contributed by atoms with Crippen LogP contribution in [0.3, 0.4) is 0 Å². The van der Waals surface area contributed by atoms with E-state index >= 15 is 0 Å². The summed E-state index contributed by atoms with van der Waals surface area (Å²) in [6.45, 7) is 1.78. The lowest BCUT2D eigenvalue weighted by Gasteiger charge is -2.20. The van der Waals surface area contributed by atoms with E-state index in [0.29, 0.717) is 5.75 Å². The number of esters is 1. The molecule has 1 aliphatic rings. The number of carbonyl (C=O) groups is 1. The smallest absolute Gasteiger partial charge is 0.314 e. The van der Waals surface area contributed by atoms with Crippen LogP contribution in [0.4, 0.5) is 0 Å². The fourth-order valence-electron chi connectivity index (χ4n) is 1.90. The standard InChI is InChI=1S/C13H17NO3/c1-16-11-2-4-12(5-3-11)17-13(15)10-6-8-14-9-7-10/h2-5,10,14H,6-9H2,1H3. The minimum Gasteiger partial charge on any atom is -0.497 e. The molecule has 2 rings (SSSR count). The van der Waals surface area contributed by atoms with Gasteiger partial charge in [-0.15, -0.1) is 0 Å². The summed E-state index contributed by atoms with van der Waals surface area (Å²) < 4.78 is 10.4. The molecule has 1 aromatic rings. The maximum atomic E-state index is 11.8. The molecule has 0 amide bonds. The molecule has 4 heteroatoms. The molecule has 17 heavy (non-hydrogen) atoms. The van der Waals surface area contributed by atoms with Crippen LogP contribution >= 0.6 is 0 Å². The van der Waals surface area contributed by atoms with Gasteiger partial charge >= 0.3 is 5.97 Å². The number of carbonyl (C=O) groups excluding carboxylic acids is 1. The average Bonchev–Trinajstić information content (AvgIpc) is 2.40. The van der Waals surface area contributed by atoms with E-state index in [1.807, 2.05) is 0 Å². The number of rotatable bonds is 3. The van der Waals surface area contributed by atoms with Crippen molar-refractivity contribution in [2.75, 3.05) is 20.2 Å². The zero-order valence-electron chi connectivity index (χ0n) is 9.94. The van der Waals surface area contributed by atoms with Gasteiger partial charge in [-0.25, -0.2) is 0 Å². The van der Waals surface area contributed by atoms with E-state index in [4.69, 9.17) is 9.47 Å². The van der Waals surface area contributed by atoms with Crippen molar-refractivity contribution in [2.24, 2.45) is 5.92 Å². The molecule has 0 atom stereocenters. The molecular weight excluding hydrogens is 218 g/mol. The van der Waals surface area contributed by atoms with Gasteiger partial charge in [0.05, 0.1) is 13.0 Å². The molecule has 1 fully saturated rings. The zero-order chi connectivity index (χ0) is 12.1. The third kappa shape index (κ3) is 3.20. The summed E-state index contributed by atoms with van der Waals surface area (Å²) in [4.78, 5) is 11.8. The van der Waals surface area contributed by atoms with Gasteiger partial charge < -0.3 is 14.8 Å². The second-order valence-electron chi connectivity index (χ2n) is 4.12. The number of nitrogens with one attached hydrogen (secondary N) is 1. The second kappa shape index (κ2) is 5.68. The predicted octanol–water partition coefficient (Wildman–Crippen LogP) is 1.60. The summed E-state index contributed by atoms with van der Waals surface area (Å²) in [6, 6.07) is 7.06. The molecule has 0 aromatic heterocycles. The number of ether oxygens (including phenoxy) is 2. The van der Waals surface area contributed by atoms with Crippen molar-refractivity contribution in [2.45, 2.75) is 12.8 Å². The van der Waals surface area contributed by atoms with E-state index in [-0.39, 0.29) is 11.9 Å². The van der Waals surface area contributed by atoms with E-state index in [9.17, 15) is 4.79 Å². The topological polar surface area (TPSA) is 47.6 Å². The third-order valence-electron chi connectivity index (χ3n) is 2.95. The van der Waals surface area contributed by atoms with Gasteiger partial charge in [0.2, 0.25) is 0 Å². The molecule has 0 aliphatic carbocycles. The fourth-order valence-corrected chi connectivity index (χ4v) is 1.90. The molecule has 1 saturated heterocycles. The Balaban J connectivity index is 1.92. The third-order valence-corrected chi connectivity index (χ3v) is 2.95. The fraction of sp³-hybridized carbons (Fsp3) is 0.462. The molecule has 1 heterocycles. The highest BCUT2D eigenvalue weighted by atomic mass is 16.5. The lowest BCUT2D eigenvalue weighted by molar-refractivity contribution is -0.139. The number of methoxy groups -OCH3 is 1. The summed E-state index contributed by atoms with van der Waals surface area (Å²) in [5.41, 5.74) is 0. The van der Waals surface area contributed by atoms with Crippen molar-refractivity contribution in [3.63, 3.8) is 0 Å². The maximum Gasteiger partial charge on any atom is 0.314 e. The second-order valence-corrected chi connectivity index (χ2v) is 4.12. The predicted molar refractivity (Wildman–Crippen MR) is 64.2 cm³/mol. The van der Waals surface area contributed by atoms with Crippen molar-refractivity contribution >= 4 is 5.97 Å². The summed E-state index contributed by atoms with van der Waals surface area (Å²) in [5, 5.41) is 3.22. The van der Waals surface area contributed by atoms with E-state index in [0.717, 1.165) is 31.7 Å². The highest BCUT2D eigenvalue weighted by Gasteiger charge is 2.22. The Hall–Kier alpha value is -1.55. The van der Waals surface area contributed by atoms with Crippen molar-refractivity contribution in [3.05, 3.63) is 24.3 Å². The van der Waals surface area contributed by atoms with Crippen LogP contribution in [0, 0.1) is 5.92 Å². The van der Waals surface area contributed by atoms with Gasteiger partial charge in [-0.3, -0.25) is 4.79 Å².